The van der Waals surface area contributed by atoms with Crippen LogP contribution >= 0.6 is 0 Å². The van der Waals surface area contributed by atoms with Crippen LogP contribution in [0, 0.1) is 0 Å². The van der Waals surface area contributed by atoms with E-state index in [4.69, 9.17) is 9.26 Å². The number of nitrogens with one attached hydrogen (secondary N) is 2. The van der Waals surface area contributed by atoms with Gasteiger partial charge in [0.15, 0.2) is 11.5 Å². The number of aromatic nitrogens is 2. The van der Waals surface area contributed by atoms with Crippen molar-refractivity contribution in [1.29, 1.82) is 0 Å². The summed E-state index contributed by atoms with van der Waals surface area (Å²) in [4.78, 5) is 16.6. The number of carbonyl (C=O) groups is 1. The number of nitrogens with zero attached hydrogens (tertiary/aromatic N) is 2. The van der Waals surface area contributed by atoms with E-state index in [1.165, 1.54) is 31.4 Å². The molecule has 29 heavy (non-hydrogen) atoms. The summed E-state index contributed by atoms with van der Waals surface area (Å²) in [5, 5.41) is 6.41. The molecule has 2 N–H and O–H groups in total. The summed E-state index contributed by atoms with van der Waals surface area (Å²) in [6, 6.07) is 9.24. The molecule has 0 aliphatic heterocycles. The molecular formula is C19H18N4O5S. The number of benzene rings is 1. The Labute approximate surface area is 167 Å². The van der Waals surface area contributed by atoms with Gasteiger partial charge < -0.3 is 14.6 Å². The monoisotopic (exact) mass is 414 g/mol. The predicted octanol–water partition coefficient (Wildman–Crippen LogP) is 2.44. The third-order valence-electron chi connectivity index (χ3n) is 4.32. The van der Waals surface area contributed by atoms with E-state index in [1.54, 1.807) is 24.5 Å². The molecule has 1 aromatic carbocycles. The average Bonchev–Trinajstić information content (AvgIpc) is 3.38. The molecule has 150 valence electrons. The second-order valence-electron chi connectivity index (χ2n) is 6.53. The fraction of sp³-hybridized carbons (Fsp3) is 0.211. The smallest absolute Gasteiger partial charge is 0.277 e. The summed E-state index contributed by atoms with van der Waals surface area (Å²) in [5.41, 5.74) is 0.924. The third kappa shape index (κ3) is 4.28. The second kappa shape index (κ2) is 7.64. The number of methoxy groups -OCH3 is 1. The van der Waals surface area contributed by atoms with Crippen molar-refractivity contribution in [2.75, 3.05) is 12.4 Å². The lowest BCUT2D eigenvalue weighted by atomic mass is 10.2. The quantitative estimate of drug-likeness (QED) is 0.608. The van der Waals surface area contributed by atoms with Gasteiger partial charge in [0.05, 0.1) is 17.7 Å². The van der Waals surface area contributed by atoms with Gasteiger partial charge in [0.25, 0.3) is 5.91 Å². The molecule has 2 heterocycles. The Morgan fingerprint density at radius 2 is 2.07 bits per heavy atom. The minimum atomic E-state index is -3.67. The summed E-state index contributed by atoms with van der Waals surface area (Å²) >= 11 is 0. The van der Waals surface area contributed by atoms with Gasteiger partial charge in [-0.2, -0.15) is 0 Å². The van der Waals surface area contributed by atoms with E-state index in [0.29, 0.717) is 17.1 Å². The van der Waals surface area contributed by atoms with Gasteiger partial charge >= 0.3 is 0 Å². The first-order chi connectivity index (χ1) is 14.0. The molecule has 0 radical (unpaired) electrons. The second-order valence-corrected chi connectivity index (χ2v) is 8.24. The average molecular weight is 414 g/mol. The number of hydrogen-bond donors (Lipinski definition) is 2. The Kier molecular flexibility index (Phi) is 5.03. The van der Waals surface area contributed by atoms with Crippen LogP contribution in [0.15, 0.2) is 58.2 Å². The molecule has 1 amide bonds. The van der Waals surface area contributed by atoms with Crippen LogP contribution in [0.4, 0.5) is 5.69 Å². The molecule has 0 unspecified atom stereocenters. The zero-order valence-corrected chi connectivity index (χ0v) is 16.3. The third-order valence-corrected chi connectivity index (χ3v) is 5.84. The van der Waals surface area contributed by atoms with Crippen molar-refractivity contribution in [2.24, 2.45) is 0 Å². The molecule has 1 aliphatic rings. The molecular weight excluding hydrogens is 396 g/mol. The fourth-order valence-electron chi connectivity index (χ4n) is 2.65. The maximum absolute atomic E-state index is 12.6. The summed E-state index contributed by atoms with van der Waals surface area (Å²) in [6.07, 6.45) is 4.86. The van der Waals surface area contributed by atoms with Crippen molar-refractivity contribution in [2.45, 2.75) is 23.8 Å². The van der Waals surface area contributed by atoms with E-state index in [2.05, 4.69) is 20.2 Å². The first kappa shape index (κ1) is 19.1. The molecule has 0 bridgehead atoms. The lowest BCUT2D eigenvalue weighted by molar-refractivity contribution is 0.101. The maximum atomic E-state index is 12.6. The number of rotatable bonds is 7. The molecule has 9 nitrogen and oxygen atoms in total. The van der Waals surface area contributed by atoms with Crippen LogP contribution in [0.1, 0.15) is 23.3 Å². The van der Waals surface area contributed by atoms with Gasteiger partial charge in [-0.05, 0) is 43.2 Å². The Morgan fingerprint density at radius 1 is 1.24 bits per heavy atom. The minimum absolute atomic E-state index is 0.0267. The van der Waals surface area contributed by atoms with Crippen molar-refractivity contribution < 1.29 is 22.5 Å². The Morgan fingerprint density at radius 3 is 2.76 bits per heavy atom. The maximum Gasteiger partial charge on any atom is 0.277 e. The zero-order chi connectivity index (χ0) is 20.4. The minimum Gasteiger partial charge on any atom is -0.495 e. The van der Waals surface area contributed by atoms with Crippen molar-refractivity contribution in [3.8, 4) is 17.1 Å². The van der Waals surface area contributed by atoms with E-state index >= 15 is 0 Å². The molecule has 2 aromatic heterocycles. The Balaban J connectivity index is 1.57. The molecule has 0 saturated heterocycles. The van der Waals surface area contributed by atoms with Crippen LogP contribution in [0.3, 0.4) is 0 Å². The Hall–Kier alpha value is -3.24. The number of carbonyl (C=O) groups excluding carboxylic acids is 1. The van der Waals surface area contributed by atoms with Gasteiger partial charge in [0.2, 0.25) is 10.0 Å². The summed E-state index contributed by atoms with van der Waals surface area (Å²) in [6.45, 7) is 0. The van der Waals surface area contributed by atoms with Gasteiger partial charge in [0.1, 0.15) is 5.75 Å². The summed E-state index contributed by atoms with van der Waals surface area (Å²) < 4.78 is 38.0. The van der Waals surface area contributed by atoms with Crippen LogP contribution in [0.25, 0.3) is 11.3 Å². The van der Waals surface area contributed by atoms with Crippen LogP contribution in [-0.2, 0) is 10.0 Å². The van der Waals surface area contributed by atoms with Gasteiger partial charge in [-0.3, -0.25) is 9.78 Å². The van der Waals surface area contributed by atoms with Crippen LogP contribution in [-0.4, -0.2) is 37.6 Å². The standard InChI is InChI=1S/C19H18N4O5S/c1-27-17-7-6-14(29(25,26)23-13-4-5-13)9-15(17)21-19(24)16-10-18(28-22-16)12-3-2-8-20-11-12/h2-3,6-11,13,23H,4-5H2,1H3,(H,21,24). The highest BCUT2D eigenvalue weighted by Gasteiger charge is 2.28. The molecule has 3 aromatic rings. The van der Waals surface area contributed by atoms with Gasteiger partial charge in [0, 0.05) is 30.1 Å². The largest absolute Gasteiger partial charge is 0.495 e. The van der Waals surface area contributed by atoms with Crippen molar-refractivity contribution in [3.05, 3.63) is 54.5 Å². The van der Waals surface area contributed by atoms with E-state index < -0.39 is 15.9 Å². The molecule has 0 atom stereocenters. The first-order valence-electron chi connectivity index (χ1n) is 8.85. The van der Waals surface area contributed by atoms with Gasteiger partial charge in [-0.25, -0.2) is 13.1 Å². The molecule has 4 rings (SSSR count). The highest BCUT2D eigenvalue weighted by molar-refractivity contribution is 7.89. The van der Waals surface area contributed by atoms with Gasteiger partial charge in [-0.1, -0.05) is 5.16 Å². The number of pyridine rings is 1. The number of ether oxygens (including phenoxy) is 1. The summed E-state index contributed by atoms with van der Waals surface area (Å²) in [5.74, 6) is 0.145. The highest BCUT2D eigenvalue weighted by Crippen LogP contribution is 2.30. The molecule has 1 aliphatic carbocycles. The zero-order valence-electron chi connectivity index (χ0n) is 15.5. The predicted molar refractivity (Wildman–Crippen MR) is 104 cm³/mol. The first-order valence-corrected chi connectivity index (χ1v) is 10.3. The topological polar surface area (TPSA) is 123 Å². The van der Waals surface area contributed by atoms with E-state index in [0.717, 1.165) is 12.8 Å². The van der Waals surface area contributed by atoms with Crippen molar-refractivity contribution in [3.63, 3.8) is 0 Å². The fourth-order valence-corrected chi connectivity index (χ4v) is 3.98. The normalized spacial score (nSPS) is 13.8. The number of hydrogen-bond acceptors (Lipinski definition) is 7. The SMILES string of the molecule is COc1ccc(S(=O)(=O)NC2CC2)cc1NC(=O)c1cc(-c2cccnc2)on1. The number of anilines is 1. The van der Waals surface area contributed by atoms with Crippen LogP contribution in [0.2, 0.25) is 0 Å². The molecule has 1 saturated carbocycles. The summed E-state index contributed by atoms with van der Waals surface area (Å²) in [7, 11) is -2.25. The molecule has 10 heteroatoms. The van der Waals surface area contributed by atoms with E-state index in [1.807, 2.05) is 0 Å². The van der Waals surface area contributed by atoms with E-state index in [-0.39, 0.29) is 22.3 Å². The van der Waals surface area contributed by atoms with E-state index in [9.17, 15) is 13.2 Å². The number of amides is 1. The van der Waals surface area contributed by atoms with Crippen LogP contribution < -0.4 is 14.8 Å². The van der Waals surface area contributed by atoms with Crippen molar-refractivity contribution in [1.82, 2.24) is 14.9 Å². The molecule has 1 fully saturated rings. The highest BCUT2D eigenvalue weighted by atomic mass is 32.2. The lowest BCUT2D eigenvalue weighted by Crippen LogP contribution is -2.26. The van der Waals surface area contributed by atoms with Gasteiger partial charge in [-0.15, -0.1) is 0 Å². The molecule has 0 spiro atoms. The number of sulfonamides is 1. The lowest BCUT2D eigenvalue weighted by Gasteiger charge is -2.12. The van der Waals surface area contributed by atoms with Crippen molar-refractivity contribution >= 4 is 21.6 Å². The van der Waals surface area contributed by atoms with Crippen LogP contribution in [0.5, 0.6) is 5.75 Å². The Bertz CT molecular complexity index is 1140.